The Bertz CT molecular complexity index is 1890. The maximum absolute atomic E-state index is 2.49. The van der Waals surface area contributed by atoms with Crippen molar-refractivity contribution < 1.29 is 0 Å². The first-order valence-electron chi connectivity index (χ1n) is 15.4. The van der Waals surface area contributed by atoms with Gasteiger partial charge < -0.3 is 4.90 Å². The highest BCUT2D eigenvalue weighted by Crippen LogP contribution is 2.57. The number of nitrogens with zero attached hydrogens (tertiary/aromatic N) is 1. The van der Waals surface area contributed by atoms with Gasteiger partial charge in [0.15, 0.2) is 0 Å². The number of rotatable bonds is 5. The molecule has 1 unspecified atom stereocenters. The maximum atomic E-state index is 2.49. The van der Waals surface area contributed by atoms with Crippen LogP contribution >= 0.6 is 0 Å². The van der Waals surface area contributed by atoms with Crippen LogP contribution in [0, 0.1) is 13.8 Å². The Morgan fingerprint density at radius 2 is 1.16 bits per heavy atom. The number of fused-ring (bicyclic) bond motifs is 3. The molecule has 0 aliphatic heterocycles. The zero-order valence-corrected chi connectivity index (χ0v) is 25.9. The molecule has 2 aliphatic rings. The summed E-state index contributed by atoms with van der Waals surface area (Å²) in [4.78, 5) is 2.46. The number of anilines is 2. The van der Waals surface area contributed by atoms with Crippen LogP contribution in [0.4, 0.5) is 11.4 Å². The molecule has 0 spiro atoms. The first-order chi connectivity index (χ1) is 20.8. The Morgan fingerprint density at radius 1 is 0.558 bits per heavy atom. The molecular formula is C42H39N. The Hall–Kier alpha value is -4.62. The van der Waals surface area contributed by atoms with Gasteiger partial charge in [0.2, 0.25) is 0 Å². The minimum Gasteiger partial charge on any atom is -0.311 e. The Labute approximate surface area is 256 Å². The van der Waals surface area contributed by atoms with Gasteiger partial charge in [-0.3, -0.25) is 0 Å². The average Bonchev–Trinajstić information content (AvgIpc) is 3.21. The monoisotopic (exact) mass is 557 g/mol. The van der Waals surface area contributed by atoms with E-state index in [-0.39, 0.29) is 10.8 Å². The molecule has 212 valence electrons. The summed E-state index contributed by atoms with van der Waals surface area (Å²) in [6.45, 7) is 11.6. The van der Waals surface area contributed by atoms with Crippen molar-refractivity contribution in [3.05, 3.63) is 167 Å². The van der Waals surface area contributed by atoms with Gasteiger partial charge in [0.1, 0.15) is 0 Å². The molecule has 0 heterocycles. The van der Waals surface area contributed by atoms with Crippen molar-refractivity contribution >= 4 is 11.4 Å². The predicted octanol–water partition coefficient (Wildman–Crippen LogP) is 11.2. The van der Waals surface area contributed by atoms with E-state index in [0.717, 1.165) is 6.42 Å². The Kier molecular flexibility index (Phi) is 6.51. The van der Waals surface area contributed by atoms with Gasteiger partial charge in [0.05, 0.1) is 0 Å². The molecule has 2 aliphatic carbocycles. The van der Waals surface area contributed by atoms with Crippen LogP contribution in [0.25, 0.3) is 22.3 Å². The van der Waals surface area contributed by atoms with Crippen molar-refractivity contribution in [2.75, 3.05) is 4.90 Å². The zero-order chi connectivity index (χ0) is 29.8. The van der Waals surface area contributed by atoms with Crippen LogP contribution in [0.5, 0.6) is 0 Å². The molecular weight excluding hydrogens is 518 g/mol. The van der Waals surface area contributed by atoms with E-state index >= 15 is 0 Å². The molecule has 0 radical (unpaired) electrons. The van der Waals surface area contributed by atoms with E-state index in [2.05, 4.69) is 173 Å². The summed E-state index contributed by atoms with van der Waals surface area (Å²) in [6.07, 6.45) is 5.92. The van der Waals surface area contributed by atoms with Gasteiger partial charge in [-0.25, -0.2) is 0 Å². The third kappa shape index (κ3) is 4.46. The van der Waals surface area contributed by atoms with Crippen LogP contribution < -0.4 is 4.90 Å². The highest BCUT2D eigenvalue weighted by atomic mass is 15.1. The molecule has 1 nitrogen and oxygen atoms in total. The van der Waals surface area contributed by atoms with E-state index in [9.17, 15) is 0 Å². The predicted molar refractivity (Wildman–Crippen MR) is 183 cm³/mol. The van der Waals surface area contributed by atoms with E-state index in [1.807, 2.05) is 0 Å². The topological polar surface area (TPSA) is 3.24 Å². The van der Waals surface area contributed by atoms with Crippen molar-refractivity contribution in [2.45, 2.75) is 51.9 Å². The van der Waals surface area contributed by atoms with Crippen LogP contribution in [0.3, 0.4) is 0 Å². The maximum Gasteiger partial charge on any atom is 0.0467 e. The van der Waals surface area contributed by atoms with E-state index in [1.165, 1.54) is 67.2 Å². The minimum atomic E-state index is -0.0344. The van der Waals surface area contributed by atoms with Crippen LogP contribution in [-0.2, 0) is 10.8 Å². The molecule has 1 atom stereocenters. The fourth-order valence-electron chi connectivity index (χ4n) is 7.52. The van der Waals surface area contributed by atoms with Crippen molar-refractivity contribution in [1.29, 1.82) is 0 Å². The SMILES string of the molecule is Cc1ccccc1-c1cc(N(C2=CCC3(C)C(=C2)C(C)(C)c2ccccc23)c2ccc(-c3ccccc3)cc2)ccc1C. The highest BCUT2D eigenvalue weighted by Gasteiger charge is 2.49. The molecule has 43 heavy (non-hydrogen) atoms. The first-order valence-corrected chi connectivity index (χ1v) is 15.4. The van der Waals surface area contributed by atoms with Gasteiger partial charge in [-0.2, -0.15) is 0 Å². The Balaban J connectivity index is 1.38. The number of aryl methyl sites for hydroxylation is 2. The molecule has 5 aromatic carbocycles. The van der Waals surface area contributed by atoms with Crippen LogP contribution in [0.15, 0.2) is 145 Å². The van der Waals surface area contributed by atoms with Gasteiger partial charge in [-0.1, -0.05) is 124 Å². The summed E-state index contributed by atoms with van der Waals surface area (Å²) < 4.78 is 0. The molecule has 0 N–H and O–H groups in total. The lowest BCUT2D eigenvalue weighted by atomic mass is 9.70. The molecule has 0 saturated heterocycles. The fourth-order valence-corrected chi connectivity index (χ4v) is 7.52. The standard InChI is InChI=1S/C42H39N/c1-29-13-9-10-16-36(29)37-27-34(22-19-30(37)2)43(33-23-20-32(21-24-33)31-14-7-6-8-15-31)35-25-26-42(5)39-18-12-11-17-38(39)41(3,4)40(42)28-35/h6-25,27-28H,26H2,1-5H3. The molecule has 0 aromatic heterocycles. The third-order valence-electron chi connectivity index (χ3n) is 9.88. The Morgan fingerprint density at radius 3 is 1.91 bits per heavy atom. The summed E-state index contributed by atoms with van der Waals surface area (Å²) in [5.41, 5.74) is 15.6. The quantitative estimate of drug-likeness (QED) is 0.208. The second-order valence-electron chi connectivity index (χ2n) is 13.0. The van der Waals surface area contributed by atoms with Gasteiger partial charge in [-0.05, 0) is 101 Å². The molecule has 0 saturated carbocycles. The van der Waals surface area contributed by atoms with Crippen molar-refractivity contribution in [1.82, 2.24) is 0 Å². The largest absolute Gasteiger partial charge is 0.311 e. The van der Waals surface area contributed by atoms with Crippen LogP contribution in [-0.4, -0.2) is 0 Å². The third-order valence-corrected chi connectivity index (χ3v) is 9.88. The van der Waals surface area contributed by atoms with Gasteiger partial charge >= 0.3 is 0 Å². The zero-order valence-electron chi connectivity index (χ0n) is 25.9. The van der Waals surface area contributed by atoms with E-state index < -0.39 is 0 Å². The average molecular weight is 558 g/mol. The fraction of sp³-hybridized carbons (Fsp3) is 0.190. The summed E-state index contributed by atoms with van der Waals surface area (Å²) in [7, 11) is 0. The lowest BCUT2D eigenvalue weighted by Crippen LogP contribution is -2.30. The summed E-state index contributed by atoms with van der Waals surface area (Å²) in [6, 6.07) is 44.4. The molecule has 0 bridgehead atoms. The number of benzene rings is 5. The van der Waals surface area contributed by atoms with Crippen LogP contribution in [0.1, 0.15) is 49.4 Å². The molecule has 0 fully saturated rings. The van der Waals surface area contributed by atoms with Crippen molar-refractivity contribution in [2.24, 2.45) is 0 Å². The highest BCUT2D eigenvalue weighted by molar-refractivity contribution is 5.80. The summed E-state index contributed by atoms with van der Waals surface area (Å²) in [5, 5.41) is 0. The van der Waals surface area contributed by atoms with Gasteiger partial charge in [-0.15, -0.1) is 0 Å². The second kappa shape index (κ2) is 10.3. The second-order valence-corrected chi connectivity index (χ2v) is 13.0. The van der Waals surface area contributed by atoms with Gasteiger partial charge in [0, 0.05) is 27.9 Å². The van der Waals surface area contributed by atoms with E-state index in [4.69, 9.17) is 0 Å². The van der Waals surface area contributed by atoms with E-state index in [1.54, 1.807) is 0 Å². The molecule has 0 amide bonds. The number of hydrogen-bond donors (Lipinski definition) is 0. The lowest BCUT2D eigenvalue weighted by Gasteiger charge is -2.38. The van der Waals surface area contributed by atoms with Crippen molar-refractivity contribution in [3.63, 3.8) is 0 Å². The van der Waals surface area contributed by atoms with Crippen LogP contribution in [0.2, 0.25) is 0 Å². The minimum absolute atomic E-state index is 0.00597. The summed E-state index contributed by atoms with van der Waals surface area (Å²) in [5.74, 6) is 0. The lowest BCUT2D eigenvalue weighted by molar-refractivity contribution is 0.508. The summed E-state index contributed by atoms with van der Waals surface area (Å²) >= 11 is 0. The number of hydrogen-bond acceptors (Lipinski definition) is 1. The molecule has 1 heteroatoms. The smallest absolute Gasteiger partial charge is 0.0467 e. The molecule has 5 aromatic rings. The van der Waals surface area contributed by atoms with Gasteiger partial charge in [0.25, 0.3) is 0 Å². The normalized spacial score (nSPS) is 18.3. The first kappa shape index (κ1) is 27.2. The van der Waals surface area contributed by atoms with E-state index in [0.29, 0.717) is 0 Å². The number of allylic oxidation sites excluding steroid dienone is 3. The van der Waals surface area contributed by atoms with Crippen molar-refractivity contribution in [3.8, 4) is 22.3 Å². The molecule has 7 rings (SSSR count).